The van der Waals surface area contributed by atoms with Crippen LogP contribution in [0.1, 0.15) is 12.5 Å². The van der Waals surface area contributed by atoms with Crippen molar-refractivity contribution >= 4 is 37.3 Å². The standard InChI is InChI=1S/C15H17BrN2O2S/c1-3-17-12-5-7-13(8-6-12)21(19,20)18-15-10-11(2)4-9-14(15)16/h4-10,17-18H,3H2,1-2H3. The maximum atomic E-state index is 12.4. The molecule has 2 N–H and O–H groups in total. The fourth-order valence-corrected chi connectivity index (χ4v) is 3.42. The molecule has 0 spiro atoms. The van der Waals surface area contributed by atoms with Gasteiger partial charge in [-0.15, -0.1) is 0 Å². The van der Waals surface area contributed by atoms with E-state index in [0.717, 1.165) is 17.8 Å². The van der Waals surface area contributed by atoms with Gasteiger partial charge in [0, 0.05) is 16.7 Å². The van der Waals surface area contributed by atoms with Crippen LogP contribution in [0.15, 0.2) is 51.8 Å². The van der Waals surface area contributed by atoms with E-state index in [4.69, 9.17) is 0 Å². The molecule has 2 aromatic rings. The first kappa shape index (κ1) is 15.9. The molecule has 2 aromatic carbocycles. The zero-order chi connectivity index (χ0) is 15.5. The van der Waals surface area contributed by atoms with E-state index in [1.807, 2.05) is 26.0 Å². The molecule has 21 heavy (non-hydrogen) atoms. The summed E-state index contributed by atoms with van der Waals surface area (Å²) < 4.78 is 28.1. The van der Waals surface area contributed by atoms with Crippen LogP contribution in [0.2, 0.25) is 0 Å². The SMILES string of the molecule is CCNc1ccc(S(=O)(=O)Nc2cc(C)ccc2Br)cc1. The third-order valence-corrected chi connectivity index (χ3v) is 4.98. The third-order valence-electron chi connectivity index (χ3n) is 2.91. The van der Waals surface area contributed by atoms with Gasteiger partial charge in [0.05, 0.1) is 10.6 Å². The summed E-state index contributed by atoms with van der Waals surface area (Å²) in [6.07, 6.45) is 0. The van der Waals surface area contributed by atoms with Crippen LogP contribution in [0.3, 0.4) is 0 Å². The predicted octanol–water partition coefficient (Wildman–Crippen LogP) is 3.99. The van der Waals surface area contributed by atoms with Gasteiger partial charge >= 0.3 is 0 Å². The Bertz CT molecular complexity index is 728. The van der Waals surface area contributed by atoms with Gasteiger partial charge in [0.25, 0.3) is 10.0 Å². The zero-order valence-corrected chi connectivity index (χ0v) is 14.3. The van der Waals surface area contributed by atoms with Crippen LogP contribution in [-0.4, -0.2) is 15.0 Å². The number of hydrogen-bond acceptors (Lipinski definition) is 3. The molecule has 112 valence electrons. The van der Waals surface area contributed by atoms with Gasteiger partial charge in [-0.3, -0.25) is 4.72 Å². The topological polar surface area (TPSA) is 58.2 Å². The number of halogens is 1. The van der Waals surface area contributed by atoms with E-state index in [1.54, 1.807) is 30.3 Å². The van der Waals surface area contributed by atoms with Crippen molar-refractivity contribution in [2.24, 2.45) is 0 Å². The van der Waals surface area contributed by atoms with Crippen molar-refractivity contribution in [3.8, 4) is 0 Å². The third kappa shape index (κ3) is 3.98. The summed E-state index contributed by atoms with van der Waals surface area (Å²) in [7, 11) is -3.59. The van der Waals surface area contributed by atoms with Crippen LogP contribution in [0.5, 0.6) is 0 Å². The first-order valence-corrected chi connectivity index (χ1v) is 8.83. The van der Waals surface area contributed by atoms with E-state index in [2.05, 4.69) is 26.0 Å². The molecule has 0 saturated carbocycles. The van der Waals surface area contributed by atoms with Gasteiger partial charge in [-0.2, -0.15) is 0 Å². The van der Waals surface area contributed by atoms with E-state index >= 15 is 0 Å². The Balaban J connectivity index is 2.27. The summed E-state index contributed by atoms with van der Waals surface area (Å²) in [6, 6.07) is 12.2. The van der Waals surface area contributed by atoms with Crippen molar-refractivity contribution < 1.29 is 8.42 Å². The first-order chi connectivity index (χ1) is 9.92. The Hall–Kier alpha value is -1.53. The van der Waals surface area contributed by atoms with Crippen LogP contribution in [0, 0.1) is 6.92 Å². The summed E-state index contributed by atoms with van der Waals surface area (Å²) in [5, 5.41) is 3.13. The molecule has 0 bridgehead atoms. The Morgan fingerprint density at radius 2 is 1.76 bits per heavy atom. The Morgan fingerprint density at radius 3 is 2.38 bits per heavy atom. The van der Waals surface area contributed by atoms with E-state index in [9.17, 15) is 8.42 Å². The van der Waals surface area contributed by atoms with E-state index < -0.39 is 10.0 Å². The lowest BCUT2D eigenvalue weighted by Crippen LogP contribution is -2.13. The van der Waals surface area contributed by atoms with Gasteiger partial charge < -0.3 is 5.32 Å². The largest absolute Gasteiger partial charge is 0.385 e. The summed E-state index contributed by atoms with van der Waals surface area (Å²) in [5.41, 5.74) is 2.41. The second-order valence-electron chi connectivity index (χ2n) is 4.64. The van der Waals surface area contributed by atoms with Crippen LogP contribution in [-0.2, 0) is 10.0 Å². The lowest BCUT2D eigenvalue weighted by molar-refractivity contribution is 0.601. The maximum Gasteiger partial charge on any atom is 0.261 e. The highest BCUT2D eigenvalue weighted by Crippen LogP contribution is 2.26. The van der Waals surface area contributed by atoms with Gasteiger partial charge in [-0.1, -0.05) is 6.07 Å². The van der Waals surface area contributed by atoms with Crippen molar-refractivity contribution in [2.45, 2.75) is 18.7 Å². The quantitative estimate of drug-likeness (QED) is 0.838. The van der Waals surface area contributed by atoms with Crippen molar-refractivity contribution in [1.82, 2.24) is 0 Å². The summed E-state index contributed by atoms with van der Waals surface area (Å²) in [6.45, 7) is 4.69. The molecule has 0 aromatic heterocycles. The summed E-state index contributed by atoms with van der Waals surface area (Å²) in [4.78, 5) is 0.234. The Kier molecular flexibility index (Phi) is 4.90. The minimum absolute atomic E-state index is 0.234. The maximum absolute atomic E-state index is 12.4. The molecule has 2 rings (SSSR count). The van der Waals surface area contributed by atoms with Crippen molar-refractivity contribution in [3.63, 3.8) is 0 Å². The number of aryl methyl sites for hydroxylation is 1. The first-order valence-electron chi connectivity index (χ1n) is 6.55. The average molecular weight is 369 g/mol. The number of sulfonamides is 1. The molecule has 0 atom stereocenters. The molecule has 0 fully saturated rings. The summed E-state index contributed by atoms with van der Waals surface area (Å²) >= 11 is 3.35. The molecule has 0 saturated heterocycles. The number of rotatable bonds is 5. The van der Waals surface area contributed by atoms with Crippen LogP contribution in [0.4, 0.5) is 11.4 Å². The Labute approximate surface area is 133 Å². The van der Waals surface area contributed by atoms with Gasteiger partial charge in [-0.25, -0.2) is 8.42 Å². The highest BCUT2D eigenvalue weighted by atomic mass is 79.9. The van der Waals surface area contributed by atoms with E-state index in [0.29, 0.717) is 10.2 Å². The number of anilines is 2. The van der Waals surface area contributed by atoms with E-state index in [-0.39, 0.29) is 4.90 Å². The monoisotopic (exact) mass is 368 g/mol. The molecule has 0 amide bonds. The molecule has 4 nitrogen and oxygen atoms in total. The number of nitrogens with one attached hydrogen (secondary N) is 2. The predicted molar refractivity (Wildman–Crippen MR) is 90.3 cm³/mol. The number of hydrogen-bond donors (Lipinski definition) is 2. The fraction of sp³-hybridized carbons (Fsp3) is 0.200. The molecular weight excluding hydrogens is 352 g/mol. The highest BCUT2D eigenvalue weighted by molar-refractivity contribution is 9.10. The number of benzene rings is 2. The molecule has 6 heteroatoms. The van der Waals surface area contributed by atoms with Gasteiger partial charge in [0.1, 0.15) is 0 Å². The van der Waals surface area contributed by atoms with Crippen LogP contribution < -0.4 is 10.0 Å². The van der Waals surface area contributed by atoms with Crippen molar-refractivity contribution in [2.75, 3.05) is 16.6 Å². The molecule has 0 aliphatic rings. The minimum Gasteiger partial charge on any atom is -0.385 e. The van der Waals surface area contributed by atoms with Crippen molar-refractivity contribution in [3.05, 3.63) is 52.5 Å². The lowest BCUT2D eigenvalue weighted by atomic mass is 10.2. The molecule has 0 heterocycles. The summed E-state index contributed by atoms with van der Waals surface area (Å²) in [5.74, 6) is 0. The molecule has 0 radical (unpaired) electrons. The minimum atomic E-state index is -3.59. The van der Waals surface area contributed by atoms with Gasteiger partial charge in [0.15, 0.2) is 0 Å². The second-order valence-corrected chi connectivity index (χ2v) is 7.18. The van der Waals surface area contributed by atoms with Crippen molar-refractivity contribution in [1.29, 1.82) is 0 Å². The van der Waals surface area contributed by atoms with Gasteiger partial charge in [0.2, 0.25) is 0 Å². The lowest BCUT2D eigenvalue weighted by Gasteiger charge is -2.11. The average Bonchev–Trinajstić information content (AvgIpc) is 2.44. The molecule has 0 aliphatic heterocycles. The van der Waals surface area contributed by atoms with Crippen LogP contribution in [0.25, 0.3) is 0 Å². The molecular formula is C15H17BrN2O2S. The highest BCUT2D eigenvalue weighted by Gasteiger charge is 2.15. The normalized spacial score (nSPS) is 11.2. The second kappa shape index (κ2) is 6.49. The fourth-order valence-electron chi connectivity index (χ4n) is 1.88. The molecule has 0 aliphatic carbocycles. The smallest absolute Gasteiger partial charge is 0.261 e. The van der Waals surface area contributed by atoms with Gasteiger partial charge in [-0.05, 0) is 71.7 Å². The molecule has 0 unspecified atom stereocenters. The van der Waals surface area contributed by atoms with E-state index in [1.165, 1.54) is 0 Å². The van der Waals surface area contributed by atoms with Crippen LogP contribution >= 0.6 is 15.9 Å². The Morgan fingerprint density at radius 1 is 1.10 bits per heavy atom. The zero-order valence-electron chi connectivity index (χ0n) is 11.9.